The molecule has 1 fully saturated rings. The van der Waals surface area contributed by atoms with Gasteiger partial charge < -0.3 is 11.5 Å². The largest absolute Gasteiger partial charge is 0.329 e. The van der Waals surface area contributed by atoms with Crippen molar-refractivity contribution in [2.45, 2.75) is 32.2 Å². The van der Waals surface area contributed by atoms with E-state index in [1.807, 2.05) is 0 Å². The molecule has 1 aliphatic rings. The zero-order valence-electron chi connectivity index (χ0n) is 6.93. The van der Waals surface area contributed by atoms with Crippen LogP contribution in [0.25, 0.3) is 0 Å². The maximum atomic E-state index is 6.03. The summed E-state index contributed by atoms with van der Waals surface area (Å²) in [6.07, 6.45) is 2.37. The van der Waals surface area contributed by atoms with Crippen LogP contribution in [-0.4, -0.2) is 12.1 Å². The molecule has 1 rings (SSSR count). The van der Waals surface area contributed by atoms with Crippen molar-refractivity contribution in [3.05, 3.63) is 0 Å². The van der Waals surface area contributed by atoms with Crippen LogP contribution in [-0.2, 0) is 0 Å². The summed E-state index contributed by atoms with van der Waals surface area (Å²) < 4.78 is 0. The van der Waals surface area contributed by atoms with Crippen LogP contribution in [0.3, 0.4) is 0 Å². The molecule has 1 unspecified atom stereocenters. The molecule has 0 aromatic carbocycles. The second kappa shape index (κ2) is 2.51. The van der Waals surface area contributed by atoms with Gasteiger partial charge in [0.2, 0.25) is 0 Å². The van der Waals surface area contributed by atoms with E-state index in [9.17, 15) is 0 Å². The van der Waals surface area contributed by atoms with Crippen molar-refractivity contribution < 1.29 is 0 Å². The number of hydrogen-bond acceptors (Lipinski definition) is 2. The zero-order chi connectivity index (χ0) is 7.78. The van der Waals surface area contributed by atoms with Crippen molar-refractivity contribution in [2.24, 2.45) is 23.3 Å². The SMILES string of the molecule is CC[C@@H]1[C@H](CC)C1(N)CN. The zero-order valence-corrected chi connectivity index (χ0v) is 6.93. The highest BCUT2D eigenvalue weighted by molar-refractivity contribution is 5.15. The molecule has 0 heterocycles. The average molecular weight is 142 g/mol. The molecular formula is C8H18N2. The van der Waals surface area contributed by atoms with Crippen molar-refractivity contribution in [3.63, 3.8) is 0 Å². The lowest BCUT2D eigenvalue weighted by atomic mass is 10.2. The first-order valence-corrected chi connectivity index (χ1v) is 4.19. The number of hydrogen-bond donors (Lipinski definition) is 2. The fraction of sp³-hybridized carbons (Fsp3) is 1.00. The van der Waals surface area contributed by atoms with Crippen LogP contribution in [0.15, 0.2) is 0 Å². The molecule has 3 atom stereocenters. The van der Waals surface area contributed by atoms with Gasteiger partial charge in [-0.15, -0.1) is 0 Å². The monoisotopic (exact) mass is 142 g/mol. The summed E-state index contributed by atoms with van der Waals surface area (Å²) in [4.78, 5) is 0. The lowest BCUT2D eigenvalue weighted by molar-refractivity contribution is 0.577. The molecule has 1 saturated carbocycles. The van der Waals surface area contributed by atoms with Gasteiger partial charge in [-0.25, -0.2) is 0 Å². The third kappa shape index (κ3) is 0.867. The van der Waals surface area contributed by atoms with Gasteiger partial charge in [-0.05, 0) is 11.8 Å². The average Bonchev–Trinajstić information content (AvgIpc) is 2.56. The summed E-state index contributed by atoms with van der Waals surface area (Å²) >= 11 is 0. The topological polar surface area (TPSA) is 52.0 Å². The fourth-order valence-corrected chi connectivity index (χ4v) is 2.26. The lowest BCUT2D eigenvalue weighted by Crippen LogP contribution is -2.36. The van der Waals surface area contributed by atoms with Gasteiger partial charge in [-0.3, -0.25) is 0 Å². The van der Waals surface area contributed by atoms with Gasteiger partial charge in [0.05, 0.1) is 0 Å². The Bertz CT molecular complexity index is 112. The molecule has 4 N–H and O–H groups in total. The minimum atomic E-state index is 0.00347. The van der Waals surface area contributed by atoms with Gasteiger partial charge in [-0.2, -0.15) is 0 Å². The standard InChI is InChI=1S/C8H18N2/c1-3-6-7(4-2)8(6,10)5-9/h6-7H,3-5,9-10H2,1-2H3/t6-,7+,8?. The van der Waals surface area contributed by atoms with Crippen molar-refractivity contribution >= 4 is 0 Å². The van der Waals surface area contributed by atoms with E-state index in [1.165, 1.54) is 12.8 Å². The molecule has 60 valence electrons. The summed E-state index contributed by atoms with van der Waals surface area (Å²) in [6, 6.07) is 0. The molecule has 10 heavy (non-hydrogen) atoms. The highest BCUT2D eigenvalue weighted by Crippen LogP contribution is 2.51. The maximum Gasteiger partial charge on any atom is 0.0342 e. The fourth-order valence-electron chi connectivity index (χ4n) is 2.26. The molecule has 0 aromatic rings. The van der Waals surface area contributed by atoms with Gasteiger partial charge in [0, 0.05) is 12.1 Å². The van der Waals surface area contributed by atoms with Crippen LogP contribution < -0.4 is 11.5 Å². The van der Waals surface area contributed by atoms with Gasteiger partial charge >= 0.3 is 0 Å². The smallest absolute Gasteiger partial charge is 0.0342 e. The van der Waals surface area contributed by atoms with Crippen LogP contribution in [0, 0.1) is 11.8 Å². The quantitative estimate of drug-likeness (QED) is 0.609. The second-order valence-corrected chi connectivity index (χ2v) is 3.35. The van der Waals surface area contributed by atoms with Crippen molar-refractivity contribution in [3.8, 4) is 0 Å². The van der Waals surface area contributed by atoms with Crippen LogP contribution >= 0.6 is 0 Å². The minimum Gasteiger partial charge on any atom is -0.329 e. The van der Waals surface area contributed by atoms with Crippen molar-refractivity contribution in [2.75, 3.05) is 6.54 Å². The minimum absolute atomic E-state index is 0.00347. The summed E-state index contributed by atoms with van der Waals surface area (Å²) in [5, 5.41) is 0. The Morgan fingerprint density at radius 1 is 1.20 bits per heavy atom. The third-order valence-corrected chi connectivity index (χ3v) is 2.99. The van der Waals surface area contributed by atoms with E-state index < -0.39 is 0 Å². The Morgan fingerprint density at radius 3 is 1.70 bits per heavy atom. The summed E-state index contributed by atoms with van der Waals surface area (Å²) in [5.41, 5.74) is 11.6. The van der Waals surface area contributed by atoms with E-state index in [4.69, 9.17) is 11.5 Å². The molecule has 2 heteroatoms. The van der Waals surface area contributed by atoms with Gasteiger partial charge in [0.15, 0.2) is 0 Å². The molecule has 0 amide bonds. The molecule has 0 radical (unpaired) electrons. The molecule has 1 aliphatic carbocycles. The molecule has 0 bridgehead atoms. The first-order valence-electron chi connectivity index (χ1n) is 4.19. The summed E-state index contributed by atoms with van der Waals surface area (Å²) in [5.74, 6) is 1.39. The molecule has 2 nitrogen and oxygen atoms in total. The van der Waals surface area contributed by atoms with Crippen LogP contribution in [0.4, 0.5) is 0 Å². The molecule has 0 aromatic heterocycles. The van der Waals surface area contributed by atoms with Gasteiger partial charge in [0.1, 0.15) is 0 Å². The van der Waals surface area contributed by atoms with E-state index in [0.717, 1.165) is 0 Å². The molecule has 0 aliphatic heterocycles. The van der Waals surface area contributed by atoms with Gasteiger partial charge in [0.25, 0.3) is 0 Å². The third-order valence-electron chi connectivity index (χ3n) is 2.99. The Hall–Kier alpha value is -0.0800. The molecule has 0 saturated heterocycles. The Morgan fingerprint density at radius 2 is 1.60 bits per heavy atom. The van der Waals surface area contributed by atoms with E-state index >= 15 is 0 Å². The van der Waals surface area contributed by atoms with E-state index in [1.54, 1.807) is 0 Å². The normalized spacial score (nSPS) is 45.6. The summed E-state index contributed by atoms with van der Waals surface area (Å²) in [6.45, 7) is 5.04. The van der Waals surface area contributed by atoms with Crippen molar-refractivity contribution in [1.29, 1.82) is 0 Å². The lowest BCUT2D eigenvalue weighted by Gasteiger charge is -2.06. The highest BCUT2D eigenvalue weighted by atomic mass is 14.9. The predicted molar refractivity (Wildman–Crippen MR) is 43.5 cm³/mol. The molecular weight excluding hydrogens is 124 g/mol. The van der Waals surface area contributed by atoms with Crippen LogP contribution in [0.2, 0.25) is 0 Å². The van der Waals surface area contributed by atoms with E-state index in [2.05, 4.69) is 13.8 Å². The molecule has 0 spiro atoms. The van der Waals surface area contributed by atoms with E-state index in [-0.39, 0.29) is 5.54 Å². The summed E-state index contributed by atoms with van der Waals surface area (Å²) in [7, 11) is 0. The van der Waals surface area contributed by atoms with E-state index in [0.29, 0.717) is 18.4 Å². The highest BCUT2D eigenvalue weighted by Gasteiger charge is 2.58. The van der Waals surface area contributed by atoms with Crippen LogP contribution in [0.1, 0.15) is 26.7 Å². The Balaban J connectivity index is 2.50. The Labute approximate surface area is 63.0 Å². The first kappa shape index (κ1) is 8.02. The first-order chi connectivity index (χ1) is 4.70. The maximum absolute atomic E-state index is 6.03. The van der Waals surface area contributed by atoms with Crippen molar-refractivity contribution in [1.82, 2.24) is 0 Å². The second-order valence-electron chi connectivity index (χ2n) is 3.35. The predicted octanol–water partition coefficient (Wildman–Crippen LogP) is 0.709. The number of nitrogens with two attached hydrogens (primary N) is 2. The number of rotatable bonds is 3. The Kier molecular flexibility index (Phi) is 2.02. The van der Waals surface area contributed by atoms with Gasteiger partial charge in [-0.1, -0.05) is 26.7 Å². The van der Waals surface area contributed by atoms with Crippen LogP contribution in [0.5, 0.6) is 0 Å².